The van der Waals surface area contributed by atoms with Crippen LogP contribution >= 0.6 is 0 Å². The van der Waals surface area contributed by atoms with Gasteiger partial charge in [-0.25, -0.2) is 4.79 Å². The highest BCUT2D eigenvalue weighted by Gasteiger charge is 2.30. The number of nitrogens with zero attached hydrogens (tertiary/aromatic N) is 1. The van der Waals surface area contributed by atoms with E-state index in [1.54, 1.807) is 0 Å². The van der Waals surface area contributed by atoms with Gasteiger partial charge in [-0.3, -0.25) is 4.98 Å². The number of carboxylic acids is 1. The van der Waals surface area contributed by atoms with Crippen LogP contribution < -0.4 is 4.74 Å². The van der Waals surface area contributed by atoms with E-state index >= 15 is 0 Å². The second-order valence-corrected chi connectivity index (χ2v) is 3.80. The minimum atomic E-state index is -4.43. The summed E-state index contributed by atoms with van der Waals surface area (Å²) in [6.45, 7) is 0. The Morgan fingerprint density at radius 1 is 1.15 bits per heavy atom. The van der Waals surface area contributed by atoms with Crippen molar-refractivity contribution >= 4 is 5.97 Å². The quantitative estimate of drug-likeness (QED) is 0.935. The zero-order valence-electron chi connectivity index (χ0n) is 9.89. The van der Waals surface area contributed by atoms with E-state index in [4.69, 9.17) is 9.84 Å². The molecule has 0 radical (unpaired) electrons. The first-order valence-corrected chi connectivity index (χ1v) is 5.40. The van der Waals surface area contributed by atoms with Crippen molar-refractivity contribution < 1.29 is 27.8 Å². The molecule has 104 valence electrons. The third-order valence-electron chi connectivity index (χ3n) is 2.42. The van der Waals surface area contributed by atoms with Gasteiger partial charge in [0.15, 0.2) is 0 Å². The van der Waals surface area contributed by atoms with Crippen molar-refractivity contribution in [3.8, 4) is 11.5 Å². The molecule has 0 aliphatic rings. The molecule has 2 rings (SSSR count). The van der Waals surface area contributed by atoms with E-state index < -0.39 is 17.7 Å². The van der Waals surface area contributed by atoms with E-state index in [0.29, 0.717) is 0 Å². The first-order chi connectivity index (χ1) is 9.38. The average Bonchev–Trinajstić information content (AvgIpc) is 2.38. The summed E-state index contributed by atoms with van der Waals surface area (Å²) >= 11 is 0. The largest absolute Gasteiger partial charge is 0.477 e. The molecule has 0 bridgehead atoms. The fraction of sp³-hybridized carbons (Fsp3) is 0.0769. The second-order valence-electron chi connectivity index (χ2n) is 3.80. The molecule has 0 amide bonds. The summed E-state index contributed by atoms with van der Waals surface area (Å²) in [5.41, 5.74) is -0.981. The van der Waals surface area contributed by atoms with Crippen molar-refractivity contribution in [2.45, 2.75) is 6.18 Å². The Morgan fingerprint density at radius 3 is 2.35 bits per heavy atom. The molecular formula is C13H8F3NO3. The summed E-state index contributed by atoms with van der Waals surface area (Å²) < 4.78 is 42.4. The predicted molar refractivity (Wildman–Crippen MR) is 62.7 cm³/mol. The second kappa shape index (κ2) is 5.20. The number of halogens is 3. The Bertz CT molecular complexity index is 624. The summed E-state index contributed by atoms with van der Waals surface area (Å²) in [5, 5.41) is 8.93. The number of carboxylic acid groups (broad SMARTS) is 1. The Morgan fingerprint density at radius 2 is 1.80 bits per heavy atom. The lowest BCUT2D eigenvalue weighted by Crippen LogP contribution is -2.04. The number of ether oxygens (including phenoxy) is 1. The topological polar surface area (TPSA) is 59.4 Å². The zero-order chi connectivity index (χ0) is 14.8. The summed E-state index contributed by atoms with van der Waals surface area (Å²) in [5.74, 6) is -1.13. The molecule has 0 atom stereocenters. The molecule has 0 saturated carbocycles. The molecule has 7 heteroatoms. The number of alkyl halides is 3. The Balaban J connectivity index is 2.25. The highest BCUT2D eigenvalue weighted by atomic mass is 19.4. The van der Waals surface area contributed by atoms with Gasteiger partial charge in [0.2, 0.25) is 0 Å². The number of hydrogen-bond acceptors (Lipinski definition) is 3. The molecule has 1 N–H and O–H groups in total. The molecule has 1 aromatic heterocycles. The van der Waals surface area contributed by atoms with Gasteiger partial charge in [0, 0.05) is 18.5 Å². The SMILES string of the molecule is O=C(O)c1cnccc1Oc1ccc(C(F)(F)F)cc1. The highest BCUT2D eigenvalue weighted by Crippen LogP contribution is 2.31. The Labute approximate surface area is 111 Å². The fourth-order valence-electron chi connectivity index (χ4n) is 1.47. The lowest BCUT2D eigenvalue weighted by atomic mass is 10.2. The Hall–Kier alpha value is -2.57. The minimum Gasteiger partial charge on any atom is -0.477 e. The lowest BCUT2D eigenvalue weighted by molar-refractivity contribution is -0.137. The normalized spacial score (nSPS) is 11.2. The van der Waals surface area contributed by atoms with Crippen molar-refractivity contribution in [1.82, 2.24) is 4.98 Å². The molecule has 1 heterocycles. The zero-order valence-corrected chi connectivity index (χ0v) is 9.89. The number of aromatic carboxylic acids is 1. The van der Waals surface area contributed by atoms with Gasteiger partial charge in [0.05, 0.1) is 5.56 Å². The highest BCUT2D eigenvalue weighted by molar-refractivity contribution is 5.90. The molecule has 0 fully saturated rings. The van der Waals surface area contributed by atoms with Crippen LogP contribution in [0.25, 0.3) is 0 Å². The maximum atomic E-state index is 12.4. The van der Waals surface area contributed by atoms with Crippen LogP contribution in [-0.2, 0) is 6.18 Å². The van der Waals surface area contributed by atoms with Crippen LogP contribution in [0.15, 0.2) is 42.7 Å². The van der Waals surface area contributed by atoms with Gasteiger partial charge in [-0.15, -0.1) is 0 Å². The van der Waals surface area contributed by atoms with Gasteiger partial charge in [0.25, 0.3) is 0 Å². The number of benzene rings is 1. The van der Waals surface area contributed by atoms with E-state index in [0.717, 1.165) is 30.5 Å². The third-order valence-corrected chi connectivity index (χ3v) is 2.42. The molecule has 0 aliphatic carbocycles. The van der Waals surface area contributed by atoms with Gasteiger partial charge in [-0.05, 0) is 24.3 Å². The molecule has 4 nitrogen and oxygen atoms in total. The summed E-state index contributed by atoms with van der Waals surface area (Å²) in [7, 11) is 0. The van der Waals surface area contributed by atoms with E-state index in [9.17, 15) is 18.0 Å². The maximum Gasteiger partial charge on any atom is 0.416 e. The van der Waals surface area contributed by atoms with Gasteiger partial charge >= 0.3 is 12.1 Å². The van der Waals surface area contributed by atoms with E-state index in [2.05, 4.69) is 4.98 Å². The predicted octanol–water partition coefficient (Wildman–Crippen LogP) is 3.59. The van der Waals surface area contributed by atoms with Crippen LogP contribution in [0, 0.1) is 0 Å². The number of pyridine rings is 1. The van der Waals surface area contributed by atoms with Crippen molar-refractivity contribution in [1.29, 1.82) is 0 Å². The minimum absolute atomic E-state index is 0.00672. The number of aromatic nitrogens is 1. The van der Waals surface area contributed by atoms with Crippen molar-refractivity contribution in [3.05, 3.63) is 53.9 Å². The smallest absolute Gasteiger partial charge is 0.416 e. The van der Waals surface area contributed by atoms with Crippen LogP contribution in [0.4, 0.5) is 13.2 Å². The number of rotatable bonds is 3. The average molecular weight is 283 g/mol. The molecule has 0 unspecified atom stereocenters. The summed E-state index contributed by atoms with van der Waals surface area (Å²) in [6, 6.07) is 5.28. The molecule has 0 spiro atoms. The van der Waals surface area contributed by atoms with Crippen LogP contribution in [0.1, 0.15) is 15.9 Å². The van der Waals surface area contributed by atoms with Gasteiger partial charge in [-0.2, -0.15) is 13.2 Å². The molecule has 0 aliphatic heterocycles. The van der Waals surface area contributed by atoms with Crippen molar-refractivity contribution in [2.75, 3.05) is 0 Å². The molecule has 1 aromatic carbocycles. The monoisotopic (exact) mass is 283 g/mol. The molecule has 2 aromatic rings. The molecular weight excluding hydrogens is 275 g/mol. The standard InChI is InChI=1S/C13H8F3NO3/c14-13(15,16)8-1-3-9(4-2-8)20-11-5-6-17-7-10(11)12(18)19/h1-7H,(H,18,19). The van der Waals surface area contributed by atoms with Crippen molar-refractivity contribution in [3.63, 3.8) is 0 Å². The van der Waals surface area contributed by atoms with Crippen LogP contribution in [0.5, 0.6) is 11.5 Å². The van der Waals surface area contributed by atoms with Gasteiger partial charge in [-0.1, -0.05) is 0 Å². The number of carbonyl (C=O) groups is 1. The molecule has 20 heavy (non-hydrogen) atoms. The van der Waals surface area contributed by atoms with E-state index in [1.165, 1.54) is 12.3 Å². The summed E-state index contributed by atoms with van der Waals surface area (Å²) in [6.07, 6.45) is -2.00. The first kappa shape index (κ1) is 13.9. The lowest BCUT2D eigenvalue weighted by Gasteiger charge is -2.10. The maximum absolute atomic E-state index is 12.4. The first-order valence-electron chi connectivity index (χ1n) is 5.40. The van der Waals surface area contributed by atoms with Crippen molar-refractivity contribution in [2.24, 2.45) is 0 Å². The third kappa shape index (κ3) is 3.05. The molecule has 0 saturated heterocycles. The summed E-state index contributed by atoms with van der Waals surface area (Å²) in [4.78, 5) is 14.6. The van der Waals surface area contributed by atoms with Gasteiger partial charge in [0.1, 0.15) is 17.1 Å². The van der Waals surface area contributed by atoms with E-state index in [-0.39, 0.29) is 17.1 Å². The van der Waals surface area contributed by atoms with Crippen LogP contribution in [-0.4, -0.2) is 16.1 Å². The fourth-order valence-corrected chi connectivity index (χ4v) is 1.47. The van der Waals surface area contributed by atoms with E-state index in [1.807, 2.05) is 0 Å². The Kier molecular flexibility index (Phi) is 3.60. The number of hydrogen-bond donors (Lipinski definition) is 1. The van der Waals surface area contributed by atoms with Crippen LogP contribution in [0.2, 0.25) is 0 Å². The van der Waals surface area contributed by atoms with Crippen LogP contribution in [0.3, 0.4) is 0 Å². The van der Waals surface area contributed by atoms with Gasteiger partial charge < -0.3 is 9.84 Å².